The summed E-state index contributed by atoms with van der Waals surface area (Å²) in [6, 6.07) is 14.3. The Balaban J connectivity index is 1.39. The van der Waals surface area contributed by atoms with Crippen molar-refractivity contribution in [3.05, 3.63) is 77.1 Å². The number of aromatic nitrogens is 2. The Morgan fingerprint density at radius 1 is 1.13 bits per heavy atom. The molecule has 6 rings (SSSR count). The van der Waals surface area contributed by atoms with Gasteiger partial charge in [-0.05, 0) is 68.3 Å². The van der Waals surface area contributed by atoms with Crippen molar-refractivity contribution in [1.29, 1.82) is 0 Å². The Morgan fingerprint density at radius 2 is 1.89 bits per heavy atom. The Bertz CT molecular complexity index is 1430. The molecule has 10 heteroatoms. The van der Waals surface area contributed by atoms with Crippen molar-refractivity contribution in [3.63, 3.8) is 0 Å². The van der Waals surface area contributed by atoms with Crippen molar-refractivity contribution in [2.45, 2.75) is 26.3 Å². The molecule has 0 aliphatic carbocycles. The fraction of sp³-hybridized carbons (Fsp3) is 0.321. The van der Waals surface area contributed by atoms with Crippen LogP contribution in [0.2, 0.25) is 5.02 Å². The molecule has 0 N–H and O–H groups in total. The maximum Gasteiger partial charge on any atom is 0.338 e. The van der Waals surface area contributed by atoms with Gasteiger partial charge in [0, 0.05) is 42.7 Å². The van der Waals surface area contributed by atoms with Crippen molar-refractivity contribution >= 4 is 46.5 Å². The van der Waals surface area contributed by atoms with Crippen LogP contribution in [0.1, 0.15) is 29.8 Å². The van der Waals surface area contributed by atoms with E-state index in [0.29, 0.717) is 54.9 Å². The van der Waals surface area contributed by atoms with E-state index in [4.69, 9.17) is 21.4 Å². The molecular weight excluding hydrogens is 504 g/mol. The molecule has 1 spiro atoms. The lowest BCUT2D eigenvalue weighted by Gasteiger charge is -2.53. The second-order valence-electron chi connectivity index (χ2n) is 9.69. The number of piperazine rings is 1. The number of benzene rings is 2. The van der Waals surface area contributed by atoms with Gasteiger partial charge in [0.25, 0.3) is 5.91 Å². The van der Waals surface area contributed by atoms with Crippen LogP contribution in [0, 0.1) is 5.41 Å². The van der Waals surface area contributed by atoms with Crippen LogP contribution in [0.15, 0.2) is 66.0 Å². The third-order valence-corrected chi connectivity index (χ3v) is 7.94. The molecule has 3 aliphatic heterocycles. The van der Waals surface area contributed by atoms with Crippen molar-refractivity contribution in [3.8, 4) is 0 Å². The minimum Gasteiger partial charge on any atom is -0.462 e. The Hall–Kier alpha value is -3.98. The molecule has 0 bridgehead atoms. The van der Waals surface area contributed by atoms with E-state index < -0.39 is 11.4 Å². The summed E-state index contributed by atoms with van der Waals surface area (Å²) in [6.45, 7) is 5.96. The van der Waals surface area contributed by atoms with Gasteiger partial charge in [-0.2, -0.15) is 10.1 Å². The summed E-state index contributed by atoms with van der Waals surface area (Å²) in [7, 11) is 0. The highest BCUT2D eigenvalue weighted by Gasteiger charge is 2.60. The molecule has 1 saturated heterocycles. The molecule has 194 valence electrons. The lowest BCUT2D eigenvalue weighted by atomic mass is 9.67. The zero-order valence-electron chi connectivity index (χ0n) is 21.2. The number of fused-ring (bicyclic) bond motifs is 4. The predicted octanol–water partition coefficient (Wildman–Crippen LogP) is 3.97. The van der Waals surface area contributed by atoms with Gasteiger partial charge in [-0.25, -0.2) is 14.8 Å². The van der Waals surface area contributed by atoms with Crippen LogP contribution in [-0.4, -0.2) is 59.8 Å². The van der Waals surface area contributed by atoms with Gasteiger partial charge in [0.15, 0.2) is 0 Å². The summed E-state index contributed by atoms with van der Waals surface area (Å²) in [6.07, 6.45) is 3.97. The first kappa shape index (κ1) is 24.4. The molecule has 9 nitrogen and oxygen atoms in total. The van der Waals surface area contributed by atoms with Crippen molar-refractivity contribution < 1.29 is 14.3 Å². The summed E-state index contributed by atoms with van der Waals surface area (Å²) >= 11 is 6.41. The highest BCUT2D eigenvalue weighted by atomic mass is 35.5. The van der Waals surface area contributed by atoms with E-state index in [1.807, 2.05) is 25.1 Å². The average Bonchev–Trinajstić information content (AvgIpc) is 3.19. The fourth-order valence-corrected chi connectivity index (χ4v) is 6.01. The molecule has 38 heavy (non-hydrogen) atoms. The Labute approximate surface area is 225 Å². The summed E-state index contributed by atoms with van der Waals surface area (Å²) in [4.78, 5) is 39.9. The number of nitrogens with zero attached hydrogens (tertiary/aromatic N) is 6. The number of ether oxygens (including phenoxy) is 1. The minimum atomic E-state index is -0.881. The van der Waals surface area contributed by atoms with E-state index in [2.05, 4.69) is 19.8 Å². The van der Waals surface area contributed by atoms with E-state index in [9.17, 15) is 9.59 Å². The van der Waals surface area contributed by atoms with Crippen LogP contribution in [0.5, 0.6) is 0 Å². The molecule has 1 aromatic heterocycles. The van der Waals surface area contributed by atoms with Crippen molar-refractivity contribution in [2.24, 2.45) is 10.5 Å². The second-order valence-corrected chi connectivity index (χ2v) is 10.1. The normalized spacial score (nSPS) is 22.3. The smallest absolute Gasteiger partial charge is 0.338 e. The standard InChI is InChI=1S/C28H27ClN6O3/c1-3-38-25(36)19-6-9-22(10-7-19)35-26(37)28(18(2)32-35)16-20-5-8-21(29)15-23(20)34-14-13-33(17-24(28)34)27-30-11-4-12-31-27/h4-12,15,24H,3,13-14,16-17H2,1-2H3/t24-,28+/m0/s1. The summed E-state index contributed by atoms with van der Waals surface area (Å²) in [5, 5.41) is 6.93. The van der Waals surface area contributed by atoms with E-state index >= 15 is 0 Å². The summed E-state index contributed by atoms with van der Waals surface area (Å²) < 4.78 is 5.09. The van der Waals surface area contributed by atoms with Gasteiger partial charge in [-0.15, -0.1) is 0 Å². The van der Waals surface area contributed by atoms with E-state index in [-0.39, 0.29) is 11.9 Å². The zero-order chi connectivity index (χ0) is 26.4. The van der Waals surface area contributed by atoms with Crippen LogP contribution < -0.4 is 14.8 Å². The number of rotatable bonds is 4. The maximum atomic E-state index is 14.4. The molecule has 2 aromatic carbocycles. The van der Waals surface area contributed by atoms with Crippen molar-refractivity contribution in [2.75, 3.05) is 41.0 Å². The Kier molecular flexibility index (Phi) is 6.03. The van der Waals surface area contributed by atoms with Gasteiger partial charge >= 0.3 is 5.97 Å². The van der Waals surface area contributed by atoms with Crippen LogP contribution in [0.4, 0.5) is 17.3 Å². The molecule has 3 aliphatic rings. The monoisotopic (exact) mass is 530 g/mol. The van der Waals surface area contributed by atoms with Crippen LogP contribution in [0.25, 0.3) is 0 Å². The van der Waals surface area contributed by atoms with Crippen LogP contribution in [-0.2, 0) is 16.0 Å². The van der Waals surface area contributed by atoms with Crippen molar-refractivity contribution in [1.82, 2.24) is 9.97 Å². The molecule has 1 amide bonds. The molecule has 4 heterocycles. The molecular formula is C28H27ClN6O3. The number of amides is 1. The Morgan fingerprint density at radius 3 is 2.63 bits per heavy atom. The molecule has 3 aromatic rings. The van der Waals surface area contributed by atoms with Gasteiger partial charge < -0.3 is 14.5 Å². The first-order chi connectivity index (χ1) is 18.4. The lowest BCUT2D eigenvalue weighted by molar-refractivity contribution is -0.125. The summed E-state index contributed by atoms with van der Waals surface area (Å²) in [5.41, 5.74) is 3.03. The molecule has 0 saturated carbocycles. The predicted molar refractivity (Wildman–Crippen MR) is 146 cm³/mol. The highest BCUT2D eigenvalue weighted by molar-refractivity contribution is 6.31. The van der Waals surface area contributed by atoms with Crippen LogP contribution in [0.3, 0.4) is 0 Å². The van der Waals surface area contributed by atoms with E-state index in [0.717, 1.165) is 17.0 Å². The second kappa shape index (κ2) is 9.40. The average molecular weight is 531 g/mol. The number of hydrogen-bond donors (Lipinski definition) is 0. The van der Waals surface area contributed by atoms with E-state index in [1.165, 1.54) is 5.01 Å². The van der Waals surface area contributed by atoms with Crippen LogP contribution >= 0.6 is 11.6 Å². The zero-order valence-corrected chi connectivity index (χ0v) is 21.9. The van der Waals surface area contributed by atoms with Gasteiger partial charge in [0.05, 0.1) is 29.6 Å². The topological polar surface area (TPSA) is 91.2 Å². The molecule has 1 fully saturated rings. The summed E-state index contributed by atoms with van der Waals surface area (Å²) in [5.74, 6) is 0.155. The largest absolute Gasteiger partial charge is 0.462 e. The van der Waals surface area contributed by atoms with Gasteiger partial charge in [-0.1, -0.05) is 17.7 Å². The maximum absolute atomic E-state index is 14.4. The molecule has 0 radical (unpaired) electrons. The quantitative estimate of drug-likeness (QED) is 0.471. The third kappa shape index (κ3) is 3.80. The fourth-order valence-electron chi connectivity index (χ4n) is 5.85. The SMILES string of the molecule is CCOC(=O)c1ccc(N2N=C(C)[C@@]3(Cc4ccc(Cl)cc4N4CCN(c5ncccn5)C[C@H]43)C2=O)cc1. The lowest BCUT2D eigenvalue weighted by Crippen LogP contribution is -2.67. The number of hydrazone groups is 1. The first-order valence-corrected chi connectivity index (χ1v) is 13.0. The first-order valence-electron chi connectivity index (χ1n) is 12.7. The number of hydrogen-bond acceptors (Lipinski definition) is 8. The third-order valence-electron chi connectivity index (χ3n) is 7.70. The number of esters is 1. The minimum absolute atomic E-state index is 0.0923. The number of carbonyl (C=O) groups is 2. The highest BCUT2D eigenvalue weighted by Crippen LogP contribution is 2.48. The van der Waals surface area contributed by atoms with Gasteiger partial charge in [0.1, 0.15) is 5.41 Å². The number of halogens is 1. The number of anilines is 3. The van der Waals surface area contributed by atoms with E-state index in [1.54, 1.807) is 49.6 Å². The number of carbonyl (C=O) groups excluding carboxylic acids is 2. The van der Waals surface area contributed by atoms with Gasteiger partial charge in [0.2, 0.25) is 5.95 Å². The molecule has 2 atom stereocenters. The molecule has 0 unspecified atom stereocenters. The van der Waals surface area contributed by atoms with Gasteiger partial charge in [-0.3, -0.25) is 4.79 Å².